The van der Waals surface area contributed by atoms with Gasteiger partial charge in [-0.2, -0.15) is 5.10 Å². The predicted octanol–water partition coefficient (Wildman–Crippen LogP) is 5.52. The van der Waals surface area contributed by atoms with E-state index >= 15 is 0 Å². The highest BCUT2D eigenvalue weighted by atomic mass is 32.1. The summed E-state index contributed by atoms with van der Waals surface area (Å²) in [6.07, 6.45) is 7.41. The molecule has 29 heavy (non-hydrogen) atoms. The van der Waals surface area contributed by atoms with Crippen molar-refractivity contribution in [3.8, 4) is 0 Å². The number of aromatic nitrogens is 2. The molecule has 2 unspecified atom stereocenters. The van der Waals surface area contributed by atoms with Crippen LogP contribution in [0.25, 0.3) is 10.2 Å². The first-order valence-electron chi connectivity index (χ1n) is 10.6. The molecule has 0 spiro atoms. The van der Waals surface area contributed by atoms with Crippen molar-refractivity contribution in [1.82, 2.24) is 9.78 Å². The van der Waals surface area contributed by atoms with Crippen LogP contribution in [0.5, 0.6) is 0 Å². The van der Waals surface area contributed by atoms with Gasteiger partial charge in [-0.3, -0.25) is 9.59 Å². The zero-order valence-corrected chi connectivity index (χ0v) is 18.7. The molecular formula is C22H32N2O4S. The van der Waals surface area contributed by atoms with Crippen LogP contribution in [-0.4, -0.2) is 33.7 Å². The molecule has 1 aliphatic heterocycles. The molecule has 1 saturated heterocycles. The van der Waals surface area contributed by atoms with Crippen molar-refractivity contribution < 1.29 is 19.1 Å². The lowest BCUT2D eigenvalue weighted by Crippen LogP contribution is -2.24. The molecule has 0 bridgehead atoms. The maximum absolute atomic E-state index is 12.7. The average molecular weight is 421 g/mol. The van der Waals surface area contributed by atoms with Gasteiger partial charge in [0, 0.05) is 19.4 Å². The van der Waals surface area contributed by atoms with Gasteiger partial charge in [-0.25, -0.2) is 4.68 Å². The summed E-state index contributed by atoms with van der Waals surface area (Å²) >= 11 is 1.50. The van der Waals surface area contributed by atoms with Crippen LogP contribution in [0.3, 0.4) is 0 Å². The minimum Gasteiger partial charge on any atom is -0.460 e. The molecule has 0 aromatic carbocycles. The quantitative estimate of drug-likeness (QED) is 0.415. The van der Waals surface area contributed by atoms with E-state index in [1.807, 2.05) is 37.7 Å². The maximum atomic E-state index is 12.7. The number of esters is 1. The van der Waals surface area contributed by atoms with Gasteiger partial charge in [0.25, 0.3) is 0 Å². The van der Waals surface area contributed by atoms with Crippen molar-refractivity contribution in [1.29, 1.82) is 0 Å². The fourth-order valence-corrected chi connectivity index (χ4v) is 4.51. The van der Waals surface area contributed by atoms with Gasteiger partial charge in [0.2, 0.25) is 0 Å². The standard InChI is InChI=1S/C22H32N2O4S/c1-15(9-11-21(26)28-22(2,3)4)8-10-17(25)18-13-16-19(29-18)14-23-24(16)20-7-5-6-12-27-20/h13-15,20H,5-12H2,1-4H3. The van der Waals surface area contributed by atoms with Gasteiger partial charge >= 0.3 is 5.97 Å². The summed E-state index contributed by atoms with van der Waals surface area (Å²) in [5.41, 5.74) is 0.540. The lowest BCUT2D eigenvalue weighted by molar-refractivity contribution is -0.155. The number of Topliss-reactive ketones (excluding diaryl/α,β-unsaturated/α-hetero) is 1. The van der Waals surface area contributed by atoms with Crippen molar-refractivity contribution in [2.24, 2.45) is 5.92 Å². The third-order valence-electron chi connectivity index (χ3n) is 5.12. The molecule has 3 rings (SSSR count). The highest BCUT2D eigenvalue weighted by Gasteiger charge is 2.22. The number of ether oxygens (including phenoxy) is 2. The fourth-order valence-electron chi connectivity index (χ4n) is 3.53. The molecule has 7 heteroatoms. The van der Waals surface area contributed by atoms with Gasteiger partial charge in [-0.15, -0.1) is 11.3 Å². The van der Waals surface area contributed by atoms with Crippen molar-refractivity contribution in [2.75, 3.05) is 6.61 Å². The molecule has 2 atom stereocenters. The minimum atomic E-state index is -0.449. The number of carbonyl (C=O) groups is 2. The third-order valence-corrected chi connectivity index (χ3v) is 6.22. The number of ketones is 1. The lowest BCUT2D eigenvalue weighted by atomic mass is 9.98. The van der Waals surface area contributed by atoms with Crippen molar-refractivity contribution in [3.05, 3.63) is 17.1 Å². The van der Waals surface area contributed by atoms with Crippen molar-refractivity contribution in [3.63, 3.8) is 0 Å². The zero-order chi connectivity index (χ0) is 21.0. The van der Waals surface area contributed by atoms with E-state index in [1.165, 1.54) is 11.3 Å². The molecule has 2 aromatic heterocycles. The Morgan fingerprint density at radius 2 is 2.07 bits per heavy atom. The lowest BCUT2D eigenvalue weighted by Gasteiger charge is -2.23. The topological polar surface area (TPSA) is 70.4 Å². The SMILES string of the molecule is CC(CCC(=O)OC(C)(C)C)CCC(=O)c1cc2c(cnn2C2CCCCO2)s1. The van der Waals surface area contributed by atoms with Gasteiger partial charge in [-0.05, 0) is 64.9 Å². The van der Waals surface area contributed by atoms with Crippen LogP contribution in [0.2, 0.25) is 0 Å². The number of hydrogen-bond donors (Lipinski definition) is 0. The minimum absolute atomic E-state index is 0.0216. The Hall–Kier alpha value is -1.73. The van der Waals surface area contributed by atoms with Gasteiger partial charge in [0.1, 0.15) is 5.60 Å². The Kier molecular flexibility index (Phi) is 7.11. The molecule has 3 heterocycles. The fraction of sp³-hybridized carbons (Fsp3) is 0.682. The summed E-state index contributed by atoms with van der Waals surface area (Å²) in [4.78, 5) is 25.3. The summed E-state index contributed by atoms with van der Waals surface area (Å²) < 4.78 is 14.1. The van der Waals surface area contributed by atoms with E-state index in [9.17, 15) is 9.59 Å². The first-order chi connectivity index (χ1) is 13.7. The van der Waals surface area contributed by atoms with Crippen LogP contribution in [0.1, 0.15) is 88.5 Å². The summed E-state index contributed by atoms with van der Waals surface area (Å²) in [5, 5.41) is 4.47. The molecular weight excluding hydrogens is 388 g/mol. The van der Waals surface area contributed by atoms with E-state index in [0.717, 1.165) is 53.8 Å². The maximum Gasteiger partial charge on any atom is 0.306 e. The number of carbonyl (C=O) groups excluding carboxylic acids is 2. The van der Waals surface area contributed by atoms with E-state index in [-0.39, 0.29) is 18.0 Å². The van der Waals surface area contributed by atoms with Gasteiger partial charge in [0.15, 0.2) is 12.0 Å². The van der Waals surface area contributed by atoms with E-state index in [2.05, 4.69) is 12.0 Å². The summed E-state index contributed by atoms with van der Waals surface area (Å²) in [6, 6.07) is 1.96. The van der Waals surface area contributed by atoms with Crippen LogP contribution < -0.4 is 0 Å². The monoisotopic (exact) mass is 420 g/mol. The number of rotatable bonds is 8. The normalized spacial score (nSPS) is 18.7. The van der Waals surface area contributed by atoms with Crippen LogP contribution in [-0.2, 0) is 14.3 Å². The third kappa shape index (κ3) is 6.12. The Bertz CT molecular complexity index is 843. The van der Waals surface area contributed by atoms with Crippen LogP contribution in [0, 0.1) is 5.92 Å². The second-order valence-corrected chi connectivity index (χ2v) is 10.0. The van der Waals surface area contributed by atoms with Crippen molar-refractivity contribution in [2.45, 2.75) is 84.5 Å². The molecule has 6 nitrogen and oxygen atoms in total. The average Bonchev–Trinajstić information content (AvgIpc) is 3.24. The Morgan fingerprint density at radius 1 is 1.31 bits per heavy atom. The molecule has 0 saturated carbocycles. The van der Waals surface area contributed by atoms with E-state index in [4.69, 9.17) is 9.47 Å². The predicted molar refractivity (Wildman–Crippen MR) is 114 cm³/mol. The van der Waals surface area contributed by atoms with Crippen LogP contribution in [0.4, 0.5) is 0 Å². The number of fused-ring (bicyclic) bond motifs is 1. The number of hydrogen-bond acceptors (Lipinski definition) is 6. The van der Waals surface area contributed by atoms with E-state index < -0.39 is 5.60 Å². The Labute approximate surface area is 176 Å². The molecule has 0 radical (unpaired) electrons. The molecule has 1 aliphatic rings. The molecule has 0 amide bonds. The highest BCUT2D eigenvalue weighted by Crippen LogP contribution is 2.32. The van der Waals surface area contributed by atoms with Gasteiger partial charge in [-0.1, -0.05) is 6.92 Å². The molecule has 0 aliphatic carbocycles. The second-order valence-electron chi connectivity index (χ2n) is 8.96. The second kappa shape index (κ2) is 9.39. The number of nitrogens with zero attached hydrogens (tertiary/aromatic N) is 2. The summed E-state index contributed by atoms with van der Waals surface area (Å²) in [5.74, 6) is 0.285. The molecule has 0 N–H and O–H groups in total. The zero-order valence-electron chi connectivity index (χ0n) is 17.9. The smallest absolute Gasteiger partial charge is 0.306 e. The summed E-state index contributed by atoms with van der Waals surface area (Å²) in [6.45, 7) is 8.47. The van der Waals surface area contributed by atoms with E-state index in [1.54, 1.807) is 0 Å². The molecule has 160 valence electrons. The van der Waals surface area contributed by atoms with Gasteiger partial charge in [0.05, 0.1) is 21.3 Å². The first kappa shape index (κ1) is 22.0. The number of thiophene rings is 1. The van der Waals surface area contributed by atoms with E-state index in [0.29, 0.717) is 18.8 Å². The first-order valence-corrected chi connectivity index (χ1v) is 11.4. The Balaban J connectivity index is 1.51. The largest absolute Gasteiger partial charge is 0.460 e. The molecule has 2 aromatic rings. The van der Waals surface area contributed by atoms with Crippen LogP contribution >= 0.6 is 11.3 Å². The van der Waals surface area contributed by atoms with Gasteiger partial charge < -0.3 is 9.47 Å². The van der Waals surface area contributed by atoms with Crippen molar-refractivity contribution >= 4 is 33.3 Å². The highest BCUT2D eigenvalue weighted by molar-refractivity contribution is 7.20. The Morgan fingerprint density at radius 3 is 2.76 bits per heavy atom. The van der Waals surface area contributed by atoms with Crippen LogP contribution in [0.15, 0.2) is 12.3 Å². The molecule has 1 fully saturated rings. The summed E-state index contributed by atoms with van der Waals surface area (Å²) in [7, 11) is 0.